The van der Waals surface area contributed by atoms with Crippen LogP contribution in [0.2, 0.25) is 0 Å². The Morgan fingerprint density at radius 3 is 3.07 bits per heavy atom. The largest absolute Gasteiger partial charge is 0.364 e. The number of nitrogens with one attached hydrogen (secondary N) is 2. The van der Waals surface area contributed by atoms with Crippen molar-refractivity contribution in [3.63, 3.8) is 0 Å². The summed E-state index contributed by atoms with van der Waals surface area (Å²) in [6, 6.07) is 2.18. The molecule has 0 spiro atoms. The Labute approximate surface area is 82.6 Å². The molecule has 1 aromatic rings. The predicted octanol–water partition coefficient (Wildman–Crippen LogP) is 1.76. The van der Waals surface area contributed by atoms with Gasteiger partial charge >= 0.3 is 0 Å². The maximum atomic E-state index is 8.99. The monoisotopic (exact) mass is 188 g/mol. The second kappa shape index (κ2) is 3.54. The fourth-order valence-corrected chi connectivity index (χ4v) is 1.43. The second-order valence-corrected chi connectivity index (χ2v) is 3.42. The van der Waals surface area contributed by atoms with E-state index < -0.39 is 0 Å². The smallest absolute Gasteiger partial charge is 0.166 e. The summed E-state index contributed by atoms with van der Waals surface area (Å²) in [7, 11) is 0. The molecule has 4 heteroatoms. The Balaban J connectivity index is 2.23. The number of hydrogen-bond donors (Lipinski definition) is 2. The van der Waals surface area contributed by atoms with Gasteiger partial charge in [-0.25, -0.2) is 0 Å². The molecular formula is C10H12N4. The summed E-state index contributed by atoms with van der Waals surface area (Å²) in [5.74, 6) is 1.17. The van der Waals surface area contributed by atoms with E-state index in [0.717, 1.165) is 18.5 Å². The average molecular weight is 188 g/mol. The van der Waals surface area contributed by atoms with Crippen LogP contribution in [-0.4, -0.2) is 16.7 Å². The van der Waals surface area contributed by atoms with E-state index in [1.165, 1.54) is 0 Å². The molecule has 0 amide bonds. The summed E-state index contributed by atoms with van der Waals surface area (Å²) in [5, 5.41) is 19.0. The molecule has 4 nitrogen and oxygen atoms in total. The molecule has 2 rings (SSSR count). The highest BCUT2D eigenvalue weighted by Crippen LogP contribution is 2.41. The minimum absolute atomic E-state index is 0.524. The Morgan fingerprint density at radius 2 is 2.50 bits per heavy atom. The molecule has 14 heavy (non-hydrogen) atoms. The molecule has 0 radical (unpaired) electrons. The van der Waals surface area contributed by atoms with Crippen LogP contribution in [0, 0.1) is 11.3 Å². The number of aromatic amines is 1. The number of aromatic nitrogens is 2. The molecule has 1 aliphatic carbocycles. The van der Waals surface area contributed by atoms with Crippen molar-refractivity contribution in [1.29, 1.82) is 5.26 Å². The lowest BCUT2D eigenvalue weighted by Gasteiger charge is -1.97. The van der Waals surface area contributed by atoms with Crippen LogP contribution in [-0.2, 0) is 0 Å². The fourth-order valence-electron chi connectivity index (χ4n) is 1.43. The zero-order valence-corrected chi connectivity index (χ0v) is 7.88. The summed E-state index contributed by atoms with van der Waals surface area (Å²) < 4.78 is 0. The van der Waals surface area contributed by atoms with Crippen LogP contribution in [0.3, 0.4) is 0 Å². The highest BCUT2D eigenvalue weighted by Gasteiger charge is 2.29. The van der Waals surface area contributed by atoms with Gasteiger partial charge in [-0.3, -0.25) is 5.10 Å². The molecule has 1 fully saturated rings. The van der Waals surface area contributed by atoms with E-state index in [1.807, 2.05) is 0 Å². The molecule has 2 N–H and O–H groups in total. The van der Waals surface area contributed by atoms with Crippen LogP contribution in [0.5, 0.6) is 0 Å². The van der Waals surface area contributed by atoms with Gasteiger partial charge in [0.1, 0.15) is 11.6 Å². The SMILES string of the molecule is C=CCNc1n[nH]c(C2CC2)c1C#N. The Kier molecular flexibility index (Phi) is 2.23. The van der Waals surface area contributed by atoms with Crippen molar-refractivity contribution >= 4 is 5.82 Å². The van der Waals surface area contributed by atoms with Crippen molar-refractivity contribution in [2.75, 3.05) is 11.9 Å². The standard InChI is InChI=1S/C10H12N4/c1-2-5-12-10-8(6-11)9(13-14-10)7-3-4-7/h2,7H,1,3-5H2,(H2,12,13,14). The van der Waals surface area contributed by atoms with Gasteiger partial charge in [0.15, 0.2) is 5.82 Å². The zero-order valence-electron chi connectivity index (χ0n) is 7.88. The maximum absolute atomic E-state index is 8.99. The Morgan fingerprint density at radius 1 is 1.71 bits per heavy atom. The van der Waals surface area contributed by atoms with Crippen LogP contribution in [0.4, 0.5) is 5.82 Å². The summed E-state index contributed by atoms with van der Waals surface area (Å²) in [6.07, 6.45) is 4.07. The third kappa shape index (κ3) is 1.49. The second-order valence-electron chi connectivity index (χ2n) is 3.42. The first-order valence-corrected chi connectivity index (χ1v) is 4.70. The highest BCUT2D eigenvalue weighted by molar-refractivity contribution is 5.56. The first-order valence-electron chi connectivity index (χ1n) is 4.70. The molecule has 0 aliphatic heterocycles. The lowest BCUT2D eigenvalue weighted by Crippen LogP contribution is -1.99. The van der Waals surface area contributed by atoms with Crippen LogP contribution < -0.4 is 5.32 Å². The number of H-pyrrole nitrogens is 1. The van der Waals surface area contributed by atoms with Crippen molar-refractivity contribution in [2.24, 2.45) is 0 Å². The highest BCUT2D eigenvalue weighted by atomic mass is 15.2. The third-order valence-corrected chi connectivity index (χ3v) is 2.31. The number of anilines is 1. The number of nitrogens with zero attached hydrogens (tertiary/aromatic N) is 2. The molecule has 1 saturated carbocycles. The summed E-state index contributed by atoms with van der Waals surface area (Å²) in [4.78, 5) is 0. The number of hydrogen-bond acceptors (Lipinski definition) is 3. The van der Waals surface area contributed by atoms with Crippen molar-refractivity contribution in [3.8, 4) is 6.07 Å². The van der Waals surface area contributed by atoms with Gasteiger partial charge in [0.2, 0.25) is 0 Å². The van der Waals surface area contributed by atoms with E-state index >= 15 is 0 Å². The predicted molar refractivity (Wildman–Crippen MR) is 54.0 cm³/mol. The van der Waals surface area contributed by atoms with E-state index in [1.54, 1.807) is 6.08 Å². The van der Waals surface area contributed by atoms with Gasteiger partial charge in [0, 0.05) is 12.5 Å². The van der Waals surface area contributed by atoms with E-state index in [0.29, 0.717) is 23.8 Å². The van der Waals surface area contributed by atoms with Crippen molar-refractivity contribution in [3.05, 3.63) is 23.9 Å². The first kappa shape index (κ1) is 8.82. The maximum Gasteiger partial charge on any atom is 0.166 e. The van der Waals surface area contributed by atoms with Gasteiger partial charge < -0.3 is 5.32 Å². The van der Waals surface area contributed by atoms with E-state index in [2.05, 4.69) is 28.2 Å². The van der Waals surface area contributed by atoms with Crippen molar-refractivity contribution < 1.29 is 0 Å². The average Bonchev–Trinajstić information content (AvgIpc) is 2.96. The third-order valence-electron chi connectivity index (χ3n) is 2.31. The van der Waals surface area contributed by atoms with Gasteiger partial charge in [-0.05, 0) is 12.8 Å². The van der Waals surface area contributed by atoms with Gasteiger partial charge in [-0.2, -0.15) is 10.4 Å². The van der Waals surface area contributed by atoms with Crippen LogP contribution >= 0.6 is 0 Å². The quantitative estimate of drug-likeness (QED) is 0.707. The molecule has 72 valence electrons. The van der Waals surface area contributed by atoms with Crippen LogP contribution in [0.25, 0.3) is 0 Å². The van der Waals surface area contributed by atoms with E-state index in [-0.39, 0.29) is 0 Å². The fraction of sp³-hybridized carbons (Fsp3) is 0.400. The van der Waals surface area contributed by atoms with Gasteiger partial charge in [0.25, 0.3) is 0 Å². The molecule has 1 heterocycles. The molecule has 1 aliphatic rings. The molecule has 0 bridgehead atoms. The molecular weight excluding hydrogens is 176 g/mol. The molecule has 0 saturated heterocycles. The molecule has 0 aromatic carbocycles. The minimum atomic E-state index is 0.524. The van der Waals surface area contributed by atoms with E-state index in [9.17, 15) is 0 Å². The van der Waals surface area contributed by atoms with Gasteiger partial charge in [-0.1, -0.05) is 6.08 Å². The zero-order chi connectivity index (χ0) is 9.97. The van der Waals surface area contributed by atoms with Crippen LogP contribution in [0.15, 0.2) is 12.7 Å². The topological polar surface area (TPSA) is 64.5 Å². The van der Waals surface area contributed by atoms with E-state index in [4.69, 9.17) is 5.26 Å². The lowest BCUT2D eigenvalue weighted by atomic mass is 10.2. The van der Waals surface area contributed by atoms with Gasteiger partial charge in [-0.15, -0.1) is 6.58 Å². The normalized spacial score (nSPS) is 14.8. The summed E-state index contributed by atoms with van der Waals surface area (Å²) >= 11 is 0. The number of nitriles is 1. The van der Waals surface area contributed by atoms with Gasteiger partial charge in [0.05, 0.1) is 5.69 Å². The molecule has 0 unspecified atom stereocenters. The Hall–Kier alpha value is -1.76. The lowest BCUT2D eigenvalue weighted by molar-refractivity contribution is 0.962. The summed E-state index contributed by atoms with van der Waals surface area (Å²) in [5.41, 5.74) is 1.65. The first-order chi connectivity index (χ1) is 6.86. The number of rotatable bonds is 4. The molecule has 0 atom stereocenters. The minimum Gasteiger partial charge on any atom is -0.364 e. The van der Waals surface area contributed by atoms with Crippen molar-refractivity contribution in [1.82, 2.24) is 10.2 Å². The van der Waals surface area contributed by atoms with Crippen LogP contribution in [0.1, 0.15) is 30.0 Å². The van der Waals surface area contributed by atoms with Crippen molar-refractivity contribution in [2.45, 2.75) is 18.8 Å². The Bertz CT molecular complexity index is 381. The molecule has 1 aromatic heterocycles. The summed E-state index contributed by atoms with van der Waals surface area (Å²) in [6.45, 7) is 4.23.